The first-order valence-electron chi connectivity index (χ1n) is 9.82. The Labute approximate surface area is 163 Å². The Balaban J connectivity index is 1.42. The number of amidine groups is 1. The number of furan rings is 1. The number of nitrogens with zero attached hydrogens (tertiary/aromatic N) is 4. The number of nitrogens with two attached hydrogens (primary N) is 1. The van der Waals surface area contributed by atoms with Gasteiger partial charge in [0.1, 0.15) is 5.84 Å². The molecule has 4 unspecified atom stereocenters. The van der Waals surface area contributed by atoms with Crippen LogP contribution < -0.4 is 5.73 Å². The van der Waals surface area contributed by atoms with Crippen LogP contribution in [0.5, 0.6) is 0 Å². The summed E-state index contributed by atoms with van der Waals surface area (Å²) in [5.74, 6) is 1.50. The van der Waals surface area contributed by atoms with Crippen LogP contribution in [0.4, 0.5) is 0 Å². The topological polar surface area (TPSA) is 128 Å². The molecule has 0 radical (unpaired) electrons. The number of aliphatic imine (C=N–C) groups is 2. The molecule has 1 aliphatic carbocycles. The summed E-state index contributed by atoms with van der Waals surface area (Å²) < 4.78 is 5.20. The highest BCUT2D eigenvalue weighted by Crippen LogP contribution is 2.37. The molecule has 3 heterocycles. The third-order valence-corrected chi connectivity index (χ3v) is 6.17. The Morgan fingerprint density at radius 1 is 1.18 bits per heavy atom. The number of carbonyl (C=O) groups excluding carboxylic acids is 1. The fraction of sp³-hybridized carbons (Fsp3) is 0.632. The van der Waals surface area contributed by atoms with Crippen molar-refractivity contribution < 1.29 is 19.4 Å². The predicted molar refractivity (Wildman–Crippen MR) is 103 cm³/mol. The summed E-state index contributed by atoms with van der Waals surface area (Å²) in [6.07, 6.45) is 2.90. The molecular formula is C19H27N5O4. The zero-order valence-corrected chi connectivity index (χ0v) is 15.8. The molecule has 4 N–H and O–H groups in total. The highest BCUT2D eigenvalue weighted by Gasteiger charge is 2.41. The molecular weight excluding hydrogens is 362 g/mol. The molecule has 0 spiro atoms. The average molecular weight is 389 g/mol. The summed E-state index contributed by atoms with van der Waals surface area (Å²) in [4.78, 5) is 25.6. The molecule has 152 valence electrons. The van der Waals surface area contributed by atoms with Crippen LogP contribution in [0.3, 0.4) is 0 Å². The second kappa shape index (κ2) is 7.92. The van der Waals surface area contributed by atoms with E-state index in [2.05, 4.69) is 9.89 Å². The van der Waals surface area contributed by atoms with Gasteiger partial charge in [-0.3, -0.25) is 4.79 Å². The van der Waals surface area contributed by atoms with Crippen molar-refractivity contribution in [3.05, 3.63) is 24.2 Å². The Morgan fingerprint density at radius 3 is 2.54 bits per heavy atom. The van der Waals surface area contributed by atoms with E-state index in [1.165, 1.54) is 6.26 Å². The summed E-state index contributed by atoms with van der Waals surface area (Å²) in [5, 5.41) is 19.2. The lowest BCUT2D eigenvalue weighted by Gasteiger charge is -2.42. The highest BCUT2D eigenvalue weighted by atomic mass is 16.3. The molecule has 1 amide bonds. The van der Waals surface area contributed by atoms with E-state index in [-0.39, 0.29) is 42.9 Å². The van der Waals surface area contributed by atoms with Crippen LogP contribution in [0.2, 0.25) is 0 Å². The van der Waals surface area contributed by atoms with Crippen LogP contribution in [0.15, 0.2) is 32.8 Å². The van der Waals surface area contributed by atoms with Crippen LogP contribution in [0.25, 0.3) is 0 Å². The molecule has 0 aromatic carbocycles. The van der Waals surface area contributed by atoms with Crippen LogP contribution in [-0.4, -0.2) is 83.1 Å². The molecule has 1 saturated heterocycles. The molecule has 9 nitrogen and oxygen atoms in total. The van der Waals surface area contributed by atoms with Crippen molar-refractivity contribution in [1.29, 1.82) is 0 Å². The van der Waals surface area contributed by atoms with Crippen molar-refractivity contribution in [2.24, 2.45) is 33.5 Å². The Bertz CT molecular complexity index is 754. The first-order valence-corrected chi connectivity index (χ1v) is 9.82. The van der Waals surface area contributed by atoms with Gasteiger partial charge >= 0.3 is 0 Å². The molecule has 1 aromatic heterocycles. The van der Waals surface area contributed by atoms with E-state index in [9.17, 15) is 15.0 Å². The zero-order chi connectivity index (χ0) is 19.7. The summed E-state index contributed by atoms with van der Waals surface area (Å²) in [7, 11) is 0. The number of piperazine rings is 1. The first kappa shape index (κ1) is 18.9. The van der Waals surface area contributed by atoms with E-state index in [0.29, 0.717) is 56.6 Å². The molecule has 4 rings (SSSR count). The Hall–Kier alpha value is -2.39. The van der Waals surface area contributed by atoms with Gasteiger partial charge in [0.2, 0.25) is 5.96 Å². The van der Waals surface area contributed by atoms with E-state index in [0.717, 1.165) is 0 Å². The van der Waals surface area contributed by atoms with Crippen LogP contribution in [-0.2, 0) is 0 Å². The second-order valence-electron chi connectivity index (χ2n) is 7.75. The fourth-order valence-corrected chi connectivity index (χ4v) is 4.44. The zero-order valence-electron chi connectivity index (χ0n) is 15.8. The molecule has 3 aliphatic rings. The minimum atomic E-state index is -0.105. The maximum Gasteiger partial charge on any atom is 0.289 e. The summed E-state index contributed by atoms with van der Waals surface area (Å²) in [6, 6.07) is 3.36. The number of fused-ring (bicyclic) bond motifs is 1. The van der Waals surface area contributed by atoms with E-state index >= 15 is 0 Å². The normalized spacial score (nSPS) is 30.5. The van der Waals surface area contributed by atoms with Gasteiger partial charge in [0.25, 0.3) is 5.91 Å². The molecule has 0 bridgehead atoms. The third kappa shape index (κ3) is 3.51. The van der Waals surface area contributed by atoms with Gasteiger partial charge in [0.15, 0.2) is 5.76 Å². The van der Waals surface area contributed by atoms with Crippen LogP contribution in [0, 0.1) is 17.8 Å². The van der Waals surface area contributed by atoms with Crippen molar-refractivity contribution in [2.45, 2.75) is 18.9 Å². The minimum absolute atomic E-state index is 0.0183. The standard InChI is InChI=1S/C19H27N5O4/c20-17-14-8-12(10-25)13(11-26)9-15(14)21-19(22-17)24-5-3-23(4-6-24)18(27)16-2-1-7-28-16/h1-2,7,12-15,25-26H,3-6,8-11H2,(H2,20,21,22). The van der Waals surface area contributed by atoms with Gasteiger partial charge in [0, 0.05) is 45.3 Å². The number of rotatable bonds is 3. The lowest BCUT2D eigenvalue weighted by Crippen LogP contribution is -2.53. The number of amides is 1. The van der Waals surface area contributed by atoms with Crippen molar-refractivity contribution in [3.63, 3.8) is 0 Å². The van der Waals surface area contributed by atoms with Gasteiger partial charge in [-0.05, 0) is 36.8 Å². The van der Waals surface area contributed by atoms with E-state index < -0.39 is 0 Å². The molecule has 1 aromatic rings. The summed E-state index contributed by atoms with van der Waals surface area (Å²) in [5.41, 5.74) is 6.25. The van der Waals surface area contributed by atoms with Gasteiger partial charge in [-0.15, -0.1) is 0 Å². The smallest absolute Gasteiger partial charge is 0.289 e. The molecule has 1 saturated carbocycles. The molecule has 9 heteroatoms. The van der Waals surface area contributed by atoms with Gasteiger partial charge < -0.3 is 30.2 Å². The van der Waals surface area contributed by atoms with E-state index in [1.807, 2.05) is 0 Å². The number of hydrogen-bond acceptors (Lipinski definition) is 8. The van der Waals surface area contributed by atoms with Crippen molar-refractivity contribution >= 4 is 17.7 Å². The van der Waals surface area contributed by atoms with Crippen LogP contribution in [0.1, 0.15) is 23.4 Å². The summed E-state index contributed by atoms with van der Waals surface area (Å²) in [6.45, 7) is 2.47. The fourth-order valence-electron chi connectivity index (χ4n) is 4.44. The lowest BCUT2D eigenvalue weighted by atomic mass is 9.71. The largest absolute Gasteiger partial charge is 0.459 e. The molecule has 2 fully saturated rings. The molecule has 2 aliphatic heterocycles. The van der Waals surface area contributed by atoms with E-state index in [1.54, 1.807) is 17.0 Å². The average Bonchev–Trinajstić information content (AvgIpc) is 3.27. The van der Waals surface area contributed by atoms with Gasteiger partial charge in [-0.25, -0.2) is 9.98 Å². The Kier molecular flexibility index (Phi) is 5.36. The van der Waals surface area contributed by atoms with Gasteiger partial charge in [0.05, 0.1) is 12.3 Å². The molecule has 28 heavy (non-hydrogen) atoms. The number of aliphatic hydroxyl groups excluding tert-OH is 2. The Morgan fingerprint density at radius 2 is 1.89 bits per heavy atom. The van der Waals surface area contributed by atoms with Crippen LogP contribution >= 0.6 is 0 Å². The number of aliphatic hydroxyl groups is 2. The quantitative estimate of drug-likeness (QED) is 0.655. The third-order valence-electron chi connectivity index (χ3n) is 6.17. The van der Waals surface area contributed by atoms with Crippen molar-refractivity contribution in [2.75, 3.05) is 39.4 Å². The predicted octanol–water partition coefficient (Wildman–Crippen LogP) is -0.240. The van der Waals surface area contributed by atoms with Gasteiger partial charge in [-0.2, -0.15) is 0 Å². The minimum Gasteiger partial charge on any atom is -0.459 e. The SMILES string of the molecule is NC1=NC(N2CCN(C(=O)c3ccco3)CC2)=NC2CC(CO)C(CO)CC12. The first-order chi connectivity index (χ1) is 13.6. The van der Waals surface area contributed by atoms with Gasteiger partial charge in [-0.1, -0.05) is 0 Å². The van der Waals surface area contributed by atoms with Crippen molar-refractivity contribution in [3.8, 4) is 0 Å². The monoisotopic (exact) mass is 389 g/mol. The highest BCUT2D eigenvalue weighted by molar-refractivity contribution is 5.99. The number of guanidine groups is 1. The molecule has 4 atom stereocenters. The van der Waals surface area contributed by atoms with Crippen molar-refractivity contribution in [1.82, 2.24) is 9.80 Å². The van der Waals surface area contributed by atoms with E-state index in [4.69, 9.17) is 15.1 Å². The second-order valence-corrected chi connectivity index (χ2v) is 7.75. The number of carbonyl (C=O) groups is 1. The lowest BCUT2D eigenvalue weighted by molar-refractivity contribution is 0.0643. The number of hydrogen-bond donors (Lipinski definition) is 3. The maximum atomic E-state index is 12.4. The maximum absolute atomic E-state index is 12.4. The summed E-state index contributed by atoms with van der Waals surface area (Å²) >= 11 is 0.